The number of aliphatic hydroxyl groups excluding tert-OH is 1. The summed E-state index contributed by atoms with van der Waals surface area (Å²) in [5, 5.41) is 12.4. The molecule has 0 unspecified atom stereocenters. The molecule has 3 nitrogen and oxygen atoms in total. The van der Waals surface area contributed by atoms with Gasteiger partial charge in [-0.3, -0.25) is 0 Å². The number of rotatable bonds is 3. The number of nitrogens with one attached hydrogen (secondary N) is 1. The first kappa shape index (κ1) is 9.46. The van der Waals surface area contributed by atoms with Crippen LogP contribution < -0.4 is 5.32 Å². The second-order valence-corrected chi connectivity index (χ2v) is 4.04. The van der Waals surface area contributed by atoms with Crippen LogP contribution in [0.1, 0.15) is 18.5 Å². The fraction of sp³-hybridized carbons (Fsp3) is 0.545. The van der Waals surface area contributed by atoms with Gasteiger partial charge in [0.2, 0.25) is 0 Å². The summed E-state index contributed by atoms with van der Waals surface area (Å²) >= 11 is 0. The molecule has 3 heteroatoms. The van der Waals surface area contributed by atoms with Crippen molar-refractivity contribution in [3.8, 4) is 0 Å². The van der Waals surface area contributed by atoms with Crippen molar-refractivity contribution in [2.45, 2.75) is 25.9 Å². The minimum atomic E-state index is -0.0627. The molecule has 1 heterocycles. The maximum atomic E-state index is 9.12. The lowest BCUT2D eigenvalue weighted by Gasteiger charge is -2.31. The van der Waals surface area contributed by atoms with Crippen molar-refractivity contribution in [1.29, 1.82) is 0 Å². The van der Waals surface area contributed by atoms with Crippen LogP contribution in [0.25, 0.3) is 0 Å². The summed E-state index contributed by atoms with van der Waals surface area (Å²) in [7, 11) is 0. The van der Waals surface area contributed by atoms with Crippen LogP contribution in [0.2, 0.25) is 0 Å². The molecule has 76 valence electrons. The quantitative estimate of drug-likeness (QED) is 0.764. The fourth-order valence-electron chi connectivity index (χ4n) is 1.76. The van der Waals surface area contributed by atoms with Crippen LogP contribution in [0.3, 0.4) is 0 Å². The van der Waals surface area contributed by atoms with E-state index in [4.69, 9.17) is 5.11 Å². The van der Waals surface area contributed by atoms with Crippen molar-refractivity contribution < 1.29 is 5.11 Å². The van der Waals surface area contributed by atoms with Crippen LogP contribution in [0, 0.1) is 12.8 Å². The lowest BCUT2D eigenvalue weighted by Crippen LogP contribution is -2.33. The summed E-state index contributed by atoms with van der Waals surface area (Å²) in [6.45, 7) is 2.91. The van der Waals surface area contributed by atoms with E-state index in [9.17, 15) is 0 Å². The molecule has 1 fully saturated rings. The largest absolute Gasteiger partial charge is 0.393 e. The van der Waals surface area contributed by atoms with E-state index in [1.165, 1.54) is 0 Å². The summed E-state index contributed by atoms with van der Waals surface area (Å²) in [5.41, 5.74) is 1.03. The Morgan fingerprint density at radius 1 is 1.50 bits per heavy atom. The molecule has 2 N–H and O–H groups in total. The number of aliphatic hydroxyl groups is 1. The zero-order valence-corrected chi connectivity index (χ0v) is 8.40. The zero-order chi connectivity index (χ0) is 9.97. The van der Waals surface area contributed by atoms with Gasteiger partial charge in [-0.25, -0.2) is 4.98 Å². The van der Waals surface area contributed by atoms with Gasteiger partial charge in [0, 0.05) is 12.2 Å². The van der Waals surface area contributed by atoms with Gasteiger partial charge >= 0.3 is 0 Å². The SMILES string of the molecule is Cc1cccc(NCC2CC(O)C2)n1. The van der Waals surface area contributed by atoms with E-state index in [1.54, 1.807) is 0 Å². The van der Waals surface area contributed by atoms with Gasteiger partial charge in [0.15, 0.2) is 0 Å². The molecule has 1 aliphatic carbocycles. The molecule has 14 heavy (non-hydrogen) atoms. The van der Waals surface area contributed by atoms with E-state index >= 15 is 0 Å². The number of nitrogens with zero attached hydrogens (tertiary/aromatic N) is 1. The molecule has 0 bridgehead atoms. The van der Waals surface area contributed by atoms with E-state index in [0.29, 0.717) is 5.92 Å². The van der Waals surface area contributed by atoms with Crippen LogP contribution >= 0.6 is 0 Å². The topological polar surface area (TPSA) is 45.1 Å². The lowest BCUT2D eigenvalue weighted by atomic mass is 9.82. The summed E-state index contributed by atoms with van der Waals surface area (Å²) in [4.78, 5) is 4.35. The van der Waals surface area contributed by atoms with E-state index in [2.05, 4.69) is 10.3 Å². The van der Waals surface area contributed by atoms with Crippen LogP contribution in [0.15, 0.2) is 18.2 Å². The van der Waals surface area contributed by atoms with Crippen molar-refractivity contribution in [2.24, 2.45) is 5.92 Å². The first-order valence-electron chi connectivity index (χ1n) is 5.09. The first-order chi connectivity index (χ1) is 6.74. The predicted octanol–water partition coefficient (Wildman–Crippen LogP) is 1.57. The fourth-order valence-corrected chi connectivity index (χ4v) is 1.76. The van der Waals surface area contributed by atoms with Gasteiger partial charge in [-0.1, -0.05) is 6.07 Å². The summed E-state index contributed by atoms with van der Waals surface area (Å²) in [6.07, 6.45) is 1.80. The molecule has 2 rings (SSSR count). The Labute approximate surface area is 84.2 Å². The smallest absolute Gasteiger partial charge is 0.126 e. The summed E-state index contributed by atoms with van der Waals surface area (Å²) < 4.78 is 0. The molecule has 0 saturated heterocycles. The van der Waals surface area contributed by atoms with Gasteiger partial charge < -0.3 is 10.4 Å². The third kappa shape index (κ3) is 2.23. The Morgan fingerprint density at radius 2 is 2.29 bits per heavy atom. The molecule has 1 aromatic heterocycles. The molecule has 0 amide bonds. The molecular weight excluding hydrogens is 176 g/mol. The highest BCUT2D eigenvalue weighted by Crippen LogP contribution is 2.26. The second kappa shape index (κ2) is 3.96. The van der Waals surface area contributed by atoms with Crippen LogP contribution in [0.4, 0.5) is 5.82 Å². The predicted molar refractivity (Wildman–Crippen MR) is 56.2 cm³/mol. The highest BCUT2D eigenvalue weighted by molar-refractivity contribution is 5.35. The maximum Gasteiger partial charge on any atom is 0.126 e. The molecule has 1 saturated carbocycles. The van der Waals surface area contributed by atoms with Crippen molar-refractivity contribution >= 4 is 5.82 Å². The van der Waals surface area contributed by atoms with Gasteiger partial charge in [-0.2, -0.15) is 0 Å². The molecule has 0 spiro atoms. The van der Waals surface area contributed by atoms with Gasteiger partial charge in [0.25, 0.3) is 0 Å². The van der Waals surface area contributed by atoms with Gasteiger partial charge in [0.05, 0.1) is 6.10 Å². The number of hydrogen-bond donors (Lipinski definition) is 2. The number of aryl methyl sites for hydroxylation is 1. The standard InChI is InChI=1S/C11H16N2O/c1-8-3-2-4-11(13-8)12-7-9-5-10(14)6-9/h2-4,9-10,14H,5-7H2,1H3,(H,12,13). The van der Waals surface area contributed by atoms with Crippen molar-refractivity contribution in [3.05, 3.63) is 23.9 Å². The highest BCUT2D eigenvalue weighted by atomic mass is 16.3. The molecule has 0 radical (unpaired) electrons. The van der Waals surface area contributed by atoms with E-state index < -0.39 is 0 Å². The van der Waals surface area contributed by atoms with E-state index in [1.807, 2.05) is 25.1 Å². The minimum Gasteiger partial charge on any atom is -0.393 e. The van der Waals surface area contributed by atoms with Crippen LogP contribution in [-0.2, 0) is 0 Å². The van der Waals surface area contributed by atoms with Crippen molar-refractivity contribution in [1.82, 2.24) is 4.98 Å². The van der Waals surface area contributed by atoms with Crippen molar-refractivity contribution in [2.75, 3.05) is 11.9 Å². The molecule has 0 aromatic carbocycles. The summed E-state index contributed by atoms with van der Waals surface area (Å²) in [5.74, 6) is 1.55. The molecule has 0 aliphatic heterocycles. The molecule has 0 atom stereocenters. The average Bonchev–Trinajstić information content (AvgIpc) is 2.11. The third-order valence-electron chi connectivity index (χ3n) is 2.67. The Morgan fingerprint density at radius 3 is 2.93 bits per heavy atom. The Hall–Kier alpha value is -1.09. The molecule has 1 aromatic rings. The normalized spacial score (nSPS) is 25.6. The van der Waals surface area contributed by atoms with Crippen LogP contribution in [0.5, 0.6) is 0 Å². The molecule has 1 aliphatic rings. The Balaban J connectivity index is 1.80. The first-order valence-corrected chi connectivity index (χ1v) is 5.09. The highest BCUT2D eigenvalue weighted by Gasteiger charge is 2.26. The van der Waals surface area contributed by atoms with E-state index in [-0.39, 0.29) is 6.10 Å². The Kier molecular flexibility index (Phi) is 2.68. The number of hydrogen-bond acceptors (Lipinski definition) is 3. The van der Waals surface area contributed by atoms with Gasteiger partial charge in [0.1, 0.15) is 5.82 Å². The number of pyridine rings is 1. The second-order valence-electron chi connectivity index (χ2n) is 4.04. The number of aromatic nitrogens is 1. The third-order valence-corrected chi connectivity index (χ3v) is 2.67. The summed E-state index contributed by atoms with van der Waals surface area (Å²) in [6, 6.07) is 5.96. The van der Waals surface area contributed by atoms with Gasteiger partial charge in [-0.05, 0) is 37.8 Å². The Bertz CT molecular complexity index is 308. The zero-order valence-electron chi connectivity index (χ0n) is 8.40. The van der Waals surface area contributed by atoms with E-state index in [0.717, 1.165) is 30.9 Å². The maximum absolute atomic E-state index is 9.12. The number of anilines is 1. The minimum absolute atomic E-state index is 0.0627. The van der Waals surface area contributed by atoms with Gasteiger partial charge in [-0.15, -0.1) is 0 Å². The average molecular weight is 192 g/mol. The monoisotopic (exact) mass is 192 g/mol. The van der Waals surface area contributed by atoms with Crippen LogP contribution in [-0.4, -0.2) is 22.7 Å². The lowest BCUT2D eigenvalue weighted by molar-refractivity contribution is 0.0486. The van der Waals surface area contributed by atoms with Crippen molar-refractivity contribution in [3.63, 3.8) is 0 Å². The molecular formula is C11H16N2O.